The van der Waals surface area contributed by atoms with Gasteiger partial charge in [-0.1, -0.05) is 97.1 Å². The molecule has 0 saturated carbocycles. The van der Waals surface area contributed by atoms with E-state index in [-0.39, 0.29) is 6.85 Å². The Bertz CT molecular complexity index is 3260. The van der Waals surface area contributed by atoms with E-state index in [0.29, 0.717) is 46.0 Å². The number of fused-ring (bicyclic) bond motifs is 9. The average Bonchev–Trinajstić information content (AvgIpc) is 3.29. The van der Waals surface area contributed by atoms with Crippen LogP contribution in [0, 0.1) is 6.92 Å². The molecule has 0 aromatic heterocycles. The number of hydrogen-bond donors (Lipinski definition) is 0. The number of para-hydroxylation sites is 4. The van der Waals surface area contributed by atoms with Gasteiger partial charge in [0.2, 0.25) is 0 Å². The third-order valence-electron chi connectivity index (χ3n) is 12.1. The van der Waals surface area contributed by atoms with Gasteiger partial charge in [-0.05, 0) is 124 Å². The van der Waals surface area contributed by atoms with Crippen molar-refractivity contribution in [2.75, 3.05) is 9.71 Å². The molecule has 4 heterocycles. The monoisotopic (exact) mass is 772 g/mol. The van der Waals surface area contributed by atoms with Gasteiger partial charge in [-0.2, -0.15) is 0 Å². The molecule has 0 unspecified atom stereocenters. The maximum atomic E-state index is 6.67. The lowest BCUT2D eigenvalue weighted by atomic mass is 9.43. The number of anilines is 5. The van der Waals surface area contributed by atoms with Gasteiger partial charge in [0.25, 0.3) is 0 Å². The SMILES string of the molecule is Cc1cc2c3c(c1)N(c1ccc4c(c1)Oc1ccccc1O4)c1cc4c(cc1B3N(c1ccc(-c3ccccc3)cc1)c1cc3ccccc3cc1-2)Oc1ccccc1O4. The molecule has 0 spiro atoms. The highest BCUT2D eigenvalue weighted by molar-refractivity contribution is 6.93. The van der Waals surface area contributed by atoms with E-state index in [0.717, 1.165) is 39.5 Å². The summed E-state index contributed by atoms with van der Waals surface area (Å²) in [6.07, 6.45) is 0. The van der Waals surface area contributed by atoms with Crippen molar-refractivity contribution in [1.29, 1.82) is 0 Å². The number of nitrogens with zero attached hydrogens (tertiary/aromatic N) is 2. The fraction of sp³-hybridized carbons (Fsp3) is 0.0189. The van der Waals surface area contributed by atoms with Crippen molar-refractivity contribution in [1.82, 2.24) is 0 Å². The Morgan fingerprint density at radius 2 is 0.933 bits per heavy atom. The summed E-state index contributed by atoms with van der Waals surface area (Å²) in [7, 11) is 0. The minimum Gasteiger partial charge on any atom is -0.450 e. The van der Waals surface area contributed by atoms with E-state index < -0.39 is 0 Å². The highest BCUT2D eigenvalue weighted by Crippen LogP contribution is 2.54. The molecule has 9 aromatic carbocycles. The minimum atomic E-state index is -0.228. The second-order valence-corrected chi connectivity index (χ2v) is 15.8. The molecule has 0 aliphatic carbocycles. The van der Waals surface area contributed by atoms with Crippen LogP contribution in [0.15, 0.2) is 182 Å². The van der Waals surface area contributed by atoms with Crippen molar-refractivity contribution < 1.29 is 18.9 Å². The lowest BCUT2D eigenvalue weighted by molar-refractivity contribution is 0.359. The molecule has 0 N–H and O–H groups in total. The molecule has 0 fully saturated rings. The van der Waals surface area contributed by atoms with Gasteiger partial charge >= 0.3 is 6.85 Å². The van der Waals surface area contributed by atoms with Crippen molar-refractivity contribution in [3.63, 3.8) is 0 Å². The van der Waals surface area contributed by atoms with Gasteiger partial charge in [-0.3, -0.25) is 0 Å². The van der Waals surface area contributed by atoms with E-state index in [2.05, 4.69) is 144 Å². The molecule has 9 aromatic rings. The summed E-state index contributed by atoms with van der Waals surface area (Å²) in [5.41, 5.74) is 13.4. The maximum absolute atomic E-state index is 6.67. The summed E-state index contributed by atoms with van der Waals surface area (Å²) < 4.78 is 26.2. The van der Waals surface area contributed by atoms with Gasteiger partial charge in [0.05, 0.1) is 5.69 Å². The predicted octanol–water partition coefficient (Wildman–Crippen LogP) is 13.3. The van der Waals surface area contributed by atoms with Gasteiger partial charge in [0, 0.05) is 40.4 Å². The fourth-order valence-corrected chi connectivity index (χ4v) is 9.47. The Balaban J connectivity index is 1.08. The summed E-state index contributed by atoms with van der Waals surface area (Å²) in [6, 6.07) is 63.8. The van der Waals surface area contributed by atoms with Crippen molar-refractivity contribution in [3.8, 4) is 68.2 Å². The average molecular weight is 773 g/mol. The van der Waals surface area contributed by atoms with Crippen LogP contribution < -0.4 is 39.6 Å². The number of rotatable bonds is 3. The van der Waals surface area contributed by atoms with Gasteiger partial charge in [0.1, 0.15) is 0 Å². The summed E-state index contributed by atoms with van der Waals surface area (Å²) in [4.78, 5) is 4.88. The normalized spacial score (nSPS) is 13.5. The molecule has 0 atom stereocenters. The van der Waals surface area contributed by atoms with E-state index in [4.69, 9.17) is 18.9 Å². The highest BCUT2D eigenvalue weighted by atomic mass is 16.6. The van der Waals surface area contributed by atoms with Gasteiger partial charge < -0.3 is 28.7 Å². The van der Waals surface area contributed by atoms with E-state index in [1.165, 1.54) is 38.5 Å². The Hall–Kier alpha value is -7.90. The zero-order valence-electron chi connectivity index (χ0n) is 32.4. The first-order chi connectivity index (χ1) is 29.6. The Labute approximate surface area is 347 Å². The number of benzene rings is 9. The largest absolute Gasteiger partial charge is 0.450 e. The summed E-state index contributed by atoms with van der Waals surface area (Å²) in [5.74, 6) is 5.41. The molecule has 4 aliphatic rings. The van der Waals surface area contributed by atoms with Crippen LogP contribution in [0.25, 0.3) is 33.0 Å². The minimum absolute atomic E-state index is 0.228. The van der Waals surface area contributed by atoms with Crippen LogP contribution in [-0.2, 0) is 0 Å². The second-order valence-electron chi connectivity index (χ2n) is 15.8. The lowest BCUT2D eigenvalue weighted by Gasteiger charge is -2.46. The molecule has 60 heavy (non-hydrogen) atoms. The molecule has 13 rings (SSSR count). The van der Waals surface area contributed by atoms with Crippen molar-refractivity contribution >= 4 is 57.0 Å². The summed E-state index contributed by atoms with van der Waals surface area (Å²) >= 11 is 0. The van der Waals surface area contributed by atoms with Crippen molar-refractivity contribution in [2.24, 2.45) is 0 Å². The standard InChI is InChI=1S/C53H33BN2O4/c1-32-25-40-39-27-35-13-5-6-14-36(35)28-42(39)56(37-21-19-34(20-22-37)33-11-3-2-4-12-33)54-41-30-51-52(60-48-18-10-9-17-47(48)59-51)31-43(41)55(44(26-32)53(40)54)38-23-24-49-50(29-38)58-46-16-8-7-15-45(46)57-49/h2-31H,1H3. The quantitative estimate of drug-likeness (QED) is 0.167. The van der Waals surface area contributed by atoms with Crippen LogP contribution in [0.1, 0.15) is 5.56 Å². The molecule has 0 bridgehead atoms. The Morgan fingerprint density at radius 1 is 0.383 bits per heavy atom. The van der Waals surface area contributed by atoms with Crippen LogP contribution in [0.4, 0.5) is 28.4 Å². The van der Waals surface area contributed by atoms with Gasteiger partial charge in [0.15, 0.2) is 46.0 Å². The van der Waals surface area contributed by atoms with Crippen molar-refractivity contribution in [3.05, 3.63) is 188 Å². The first-order valence-electron chi connectivity index (χ1n) is 20.3. The van der Waals surface area contributed by atoms with Crippen LogP contribution >= 0.6 is 0 Å². The van der Waals surface area contributed by atoms with E-state index >= 15 is 0 Å². The summed E-state index contributed by atoms with van der Waals surface area (Å²) in [5, 5.41) is 2.38. The topological polar surface area (TPSA) is 43.4 Å². The fourth-order valence-electron chi connectivity index (χ4n) is 9.47. The number of aryl methyl sites for hydroxylation is 1. The molecule has 0 radical (unpaired) electrons. The maximum Gasteiger partial charge on any atom is 0.333 e. The summed E-state index contributed by atoms with van der Waals surface area (Å²) in [6.45, 7) is 1.96. The molecule has 4 aliphatic heterocycles. The van der Waals surface area contributed by atoms with E-state index in [1.54, 1.807) is 0 Å². The zero-order chi connectivity index (χ0) is 39.5. The smallest absolute Gasteiger partial charge is 0.333 e. The van der Waals surface area contributed by atoms with Gasteiger partial charge in [-0.15, -0.1) is 0 Å². The van der Waals surface area contributed by atoms with E-state index in [9.17, 15) is 0 Å². The molecular formula is C53H33BN2O4. The molecular weight excluding hydrogens is 739 g/mol. The second kappa shape index (κ2) is 12.6. The van der Waals surface area contributed by atoms with Crippen LogP contribution in [-0.4, -0.2) is 6.85 Å². The molecule has 282 valence electrons. The third-order valence-corrected chi connectivity index (χ3v) is 12.1. The molecule has 0 saturated heterocycles. The third kappa shape index (κ3) is 4.96. The predicted molar refractivity (Wildman–Crippen MR) is 241 cm³/mol. The van der Waals surface area contributed by atoms with Crippen LogP contribution in [0.5, 0.6) is 46.0 Å². The number of hydrogen-bond acceptors (Lipinski definition) is 6. The highest BCUT2D eigenvalue weighted by Gasteiger charge is 2.46. The Morgan fingerprint density at radius 3 is 1.63 bits per heavy atom. The van der Waals surface area contributed by atoms with Crippen LogP contribution in [0.3, 0.4) is 0 Å². The Kier molecular flexibility index (Phi) is 6.93. The molecule has 0 amide bonds. The zero-order valence-corrected chi connectivity index (χ0v) is 32.4. The van der Waals surface area contributed by atoms with E-state index in [1.807, 2.05) is 54.6 Å². The first-order valence-corrected chi connectivity index (χ1v) is 20.3. The first kappa shape index (κ1) is 33.1. The van der Waals surface area contributed by atoms with Crippen molar-refractivity contribution in [2.45, 2.75) is 6.92 Å². The van der Waals surface area contributed by atoms with Gasteiger partial charge in [-0.25, -0.2) is 0 Å². The van der Waals surface area contributed by atoms with Crippen LogP contribution in [0.2, 0.25) is 0 Å². The molecule has 7 heteroatoms. The number of ether oxygens (including phenoxy) is 4. The lowest BCUT2D eigenvalue weighted by Crippen LogP contribution is -2.61. The molecule has 6 nitrogen and oxygen atoms in total.